The van der Waals surface area contributed by atoms with Crippen LogP contribution in [-0.4, -0.2) is 41.8 Å². The minimum Gasteiger partial charge on any atom is -0.454 e. The van der Waals surface area contributed by atoms with Crippen LogP contribution < -0.4 is 19.7 Å². The van der Waals surface area contributed by atoms with Crippen molar-refractivity contribution in [2.75, 3.05) is 17.0 Å². The second kappa shape index (κ2) is 7.67. The molecule has 178 valence electrons. The van der Waals surface area contributed by atoms with E-state index in [-0.39, 0.29) is 18.6 Å². The molecule has 4 aliphatic rings. The van der Waals surface area contributed by atoms with Gasteiger partial charge in [0.25, 0.3) is 0 Å². The van der Waals surface area contributed by atoms with Gasteiger partial charge in [0.05, 0.1) is 29.8 Å². The summed E-state index contributed by atoms with van der Waals surface area (Å²) < 4.78 is 10.8. The molecule has 4 atom stereocenters. The van der Waals surface area contributed by atoms with E-state index in [4.69, 9.17) is 9.47 Å². The number of rotatable bonds is 3. The highest BCUT2D eigenvalue weighted by Crippen LogP contribution is 2.53. The number of amides is 3. The lowest BCUT2D eigenvalue weighted by Crippen LogP contribution is -2.46. The topological polar surface area (TPSA) is 101 Å². The van der Waals surface area contributed by atoms with Gasteiger partial charge in [0.15, 0.2) is 11.5 Å². The monoisotopic (exact) mass is 480 g/mol. The lowest BCUT2D eigenvalue weighted by Gasteiger charge is -2.33. The summed E-state index contributed by atoms with van der Waals surface area (Å²) in [6, 6.07) is 20.1. The molecule has 3 aromatic rings. The largest absolute Gasteiger partial charge is 0.454 e. The maximum atomic E-state index is 13.9. The van der Waals surface area contributed by atoms with Gasteiger partial charge in [0.2, 0.25) is 24.5 Å². The number of imide groups is 1. The molecule has 3 amide bonds. The number of carbonyl (C=O) groups excluding carboxylic acids is 3. The Morgan fingerprint density at radius 3 is 2.50 bits per heavy atom. The van der Waals surface area contributed by atoms with Gasteiger partial charge in [-0.3, -0.25) is 19.4 Å². The number of benzene rings is 3. The second-order valence-corrected chi connectivity index (χ2v) is 9.10. The summed E-state index contributed by atoms with van der Waals surface area (Å²) in [6.07, 6.45) is 1.68. The number of hydrogen-bond donors (Lipinski definition) is 1. The van der Waals surface area contributed by atoms with Crippen molar-refractivity contribution < 1.29 is 23.9 Å². The van der Waals surface area contributed by atoms with E-state index in [9.17, 15) is 14.4 Å². The molecular weight excluding hydrogens is 460 g/mol. The number of hydrogen-bond acceptors (Lipinski definition) is 7. The molecule has 36 heavy (non-hydrogen) atoms. The number of ether oxygens (including phenoxy) is 2. The van der Waals surface area contributed by atoms with Gasteiger partial charge in [-0.2, -0.15) is 5.10 Å². The summed E-state index contributed by atoms with van der Waals surface area (Å²) in [5, 5.41) is 9.09. The van der Waals surface area contributed by atoms with Crippen LogP contribution in [0.5, 0.6) is 11.5 Å². The Kier molecular flexibility index (Phi) is 4.41. The number of hydrazone groups is 1. The molecule has 2 saturated heterocycles. The minimum atomic E-state index is -0.958. The Morgan fingerprint density at radius 2 is 1.64 bits per heavy atom. The first-order valence-electron chi connectivity index (χ1n) is 11.7. The molecule has 7 rings (SSSR count). The number of nitrogens with one attached hydrogen (secondary N) is 1. The standard InChI is InChI=1S/C27H20N4O5/c32-25(29-16-7-2-1-3-8-16)24-22-21(23-18-9-5-4-6-15(18)13-28-31(23)24)26(33)30(27(22)34)17-10-11-19-20(12-17)36-14-35-19/h1-13,21-24H,14H2,(H,29,32). The van der Waals surface area contributed by atoms with Crippen LogP contribution >= 0.6 is 0 Å². The normalized spacial score (nSPS) is 25.0. The molecule has 2 fully saturated rings. The highest BCUT2D eigenvalue weighted by atomic mass is 16.7. The van der Waals surface area contributed by atoms with Crippen LogP contribution in [0.25, 0.3) is 0 Å². The highest BCUT2D eigenvalue weighted by molar-refractivity contribution is 6.24. The summed E-state index contributed by atoms with van der Waals surface area (Å²) in [4.78, 5) is 42.6. The van der Waals surface area contributed by atoms with Crippen molar-refractivity contribution in [3.05, 3.63) is 83.9 Å². The molecule has 1 N–H and O–H groups in total. The maximum absolute atomic E-state index is 13.9. The Hall–Kier alpha value is -4.66. The Labute approximate surface area is 205 Å². The SMILES string of the molecule is O=C(Nc1ccccc1)C1C2C(=O)N(c3ccc4c(c3)OCO4)C(=O)C2C2c3ccccc3C=NN12. The third-order valence-corrected chi connectivity index (χ3v) is 7.22. The molecule has 0 bridgehead atoms. The smallest absolute Gasteiger partial charge is 0.249 e. The number of para-hydroxylation sites is 1. The molecule has 9 nitrogen and oxygen atoms in total. The minimum absolute atomic E-state index is 0.0828. The predicted octanol–water partition coefficient (Wildman–Crippen LogP) is 2.93. The molecule has 0 aliphatic carbocycles. The van der Waals surface area contributed by atoms with E-state index in [2.05, 4.69) is 10.4 Å². The molecule has 9 heteroatoms. The predicted molar refractivity (Wildman–Crippen MR) is 130 cm³/mol. The van der Waals surface area contributed by atoms with E-state index in [1.165, 1.54) is 4.90 Å². The van der Waals surface area contributed by atoms with Gasteiger partial charge in [0.1, 0.15) is 6.04 Å². The fourth-order valence-electron chi connectivity index (χ4n) is 5.68. The van der Waals surface area contributed by atoms with Crippen LogP contribution in [0.4, 0.5) is 11.4 Å². The highest BCUT2D eigenvalue weighted by Gasteiger charge is 2.65. The van der Waals surface area contributed by atoms with Crippen molar-refractivity contribution in [2.24, 2.45) is 16.9 Å². The first-order valence-corrected chi connectivity index (χ1v) is 11.7. The fraction of sp³-hybridized carbons (Fsp3) is 0.185. The van der Waals surface area contributed by atoms with Gasteiger partial charge in [-0.15, -0.1) is 0 Å². The Balaban J connectivity index is 1.32. The van der Waals surface area contributed by atoms with Crippen LogP contribution in [0.15, 0.2) is 77.9 Å². The van der Waals surface area contributed by atoms with Crippen molar-refractivity contribution >= 4 is 35.3 Å². The zero-order valence-corrected chi connectivity index (χ0v) is 18.9. The number of carbonyl (C=O) groups is 3. The summed E-state index contributed by atoms with van der Waals surface area (Å²) in [5.74, 6) is -1.82. The van der Waals surface area contributed by atoms with Gasteiger partial charge in [0, 0.05) is 11.8 Å². The molecule has 4 heterocycles. The lowest BCUT2D eigenvalue weighted by molar-refractivity contribution is -0.129. The first-order chi connectivity index (χ1) is 17.6. The van der Waals surface area contributed by atoms with Crippen molar-refractivity contribution in [2.45, 2.75) is 12.1 Å². The van der Waals surface area contributed by atoms with Gasteiger partial charge >= 0.3 is 0 Å². The van der Waals surface area contributed by atoms with Crippen molar-refractivity contribution in [1.29, 1.82) is 0 Å². The van der Waals surface area contributed by atoms with E-state index in [1.54, 1.807) is 41.6 Å². The number of anilines is 2. The fourth-order valence-corrected chi connectivity index (χ4v) is 5.68. The quantitative estimate of drug-likeness (QED) is 0.579. The molecule has 0 saturated carbocycles. The third-order valence-electron chi connectivity index (χ3n) is 7.22. The van der Waals surface area contributed by atoms with Gasteiger partial charge in [-0.05, 0) is 35.4 Å². The van der Waals surface area contributed by atoms with Gasteiger partial charge < -0.3 is 14.8 Å². The van der Waals surface area contributed by atoms with E-state index in [0.29, 0.717) is 22.9 Å². The van der Waals surface area contributed by atoms with Gasteiger partial charge in [-0.25, -0.2) is 4.90 Å². The average molecular weight is 480 g/mol. The van der Waals surface area contributed by atoms with Crippen LogP contribution in [0.3, 0.4) is 0 Å². The summed E-state index contributed by atoms with van der Waals surface area (Å²) >= 11 is 0. The van der Waals surface area contributed by atoms with Crippen LogP contribution in [-0.2, 0) is 14.4 Å². The van der Waals surface area contributed by atoms with Gasteiger partial charge in [-0.1, -0.05) is 42.5 Å². The average Bonchev–Trinajstić information content (AvgIpc) is 3.57. The van der Waals surface area contributed by atoms with Crippen molar-refractivity contribution in [1.82, 2.24) is 5.01 Å². The second-order valence-electron chi connectivity index (χ2n) is 9.10. The van der Waals surface area contributed by atoms with E-state index >= 15 is 0 Å². The summed E-state index contributed by atoms with van der Waals surface area (Å²) in [7, 11) is 0. The summed E-state index contributed by atoms with van der Waals surface area (Å²) in [6.45, 7) is 0.0828. The molecule has 4 unspecified atom stereocenters. The molecular formula is C27H20N4O5. The summed E-state index contributed by atoms with van der Waals surface area (Å²) in [5.41, 5.74) is 2.73. The van der Waals surface area contributed by atoms with E-state index in [0.717, 1.165) is 11.1 Å². The Bertz CT molecular complexity index is 1460. The third kappa shape index (κ3) is 2.89. The number of fused-ring (bicyclic) bond motifs is 6. The molecule has 4 aliphatic heterocycles. The van der Waals surface area contributed by atoms with Crippen LogP contribution in [0, 0.1) is 11.8 Å². The van der Waals surface area contributed by atoms with Crippen LogP contribution in [0.2, 0.25) is 0 Å². The lowest BCUT2D eigenvalue weighted by atomic mass is 9.85. The van der Waals surface area contributed by atoms with Crippen LogP contribution in [0.1, 0.15) is 17.2 Å². The zero-order chi connectivity index (χ0) is 24.4. The number of nitrogens with zero attached hydrogens (tertiary/aromatic N) is 3. The molecule has 0 spiro atoms. The van der Waals surface area contributed by atoms with E-state index in [1.807, 2.05) is 42.5 Å². The Morgan fingerprint density at radius 1 is 0.889 bits per heavy atom. The van der Waals surface area contributed by atoms with Crippen molar-refractivity contribution in [3.8, 4) is 11.5 Å². The maximum Gasteiger partial charge on any atom is 0.249 e. The molecule has 0 aromatic heterocycles. The van der Waals surface area contributed by atoms with Crippen molar-refractivity contribution in [3.63, 3.8) is 0 Å². The first kappa shape index (κ1) is 20.7. The molecule has 3 aromatic carbocycles. The zero-order valence-electron chi connectivity index (χ0n) is 18.9. The molecule has 0 radical (unpaired) electrons. The van der Waals surface area contributed by atoms with E-state index < -0.39 is 29.8 Å².